The number of hydrogen-bond donors (Lipinski definition) is 1. The van der Waals surface area contributed by atoms with Crippen LogP contribution in [0.3, 0.4) is 0 Å². The topological polar surface area (TPSA) is 38.5 Å². The van der Waals surface area contributed by atoms with Crippen molar-refractivity contribution < 1.29 is 4.74 Å². The maximum absolute atomic E-state index is 6.13. The minimum atomic E-state index is 0.145. The fraction of sp³-hybridized carbons (Fsp3) is 0.647. The number of methoxy groups -OCH3 is 1. The van der Waals surface area contributed by atoms with Crippen LogP contribution in [-0.4, -0.2) is 31.1 Å². The SMILES string of the molecule is COc1cccc(CN(C)C2(CN)CCC(C)(C)C2)c1. The van der Waals surface area contributed by atoms with Crippen LogP contribution in [0, 0.1) is 5.41 Å². The second-order valence-corrected chi connectivity index (χ2v) is 6.98. The van der Waals surface area contributed by atoms with Gasteiger partial charge >= 0.3 is 0 Å². The van der Waals surface area contributed by atoms with E-state index in [0.29, 0.717) is 5.41 Å². The molecule has 1 aromatic carbocycles. The monoisotopic (exact) mass is 276 g/mol. The summed E-state index contributed by atoms with van der Waals surface area (Å²) in [6, 6.07) is 8.31. The third-order valence-corrected chi connectivity index (χ3v) is 4.82. The second-order valence-electron chi connectivity index (χ2n) is 6.98. The maximum atomic E-state index is 6.13. The van der Waals surface area contributed by atoms with Crippen molar-refractivity contribution in [2.45, 2.75) is 45.2 Å². The summed E-state index contributed by atoms with van der Waals surface area (Å²) in [5, 5.41) is 0. The van der Waals surface area contributed by atoms with E-state index in [1.165, 1.54) is 24.8 Å². The smallest absolute Gasteiger partial charge is 0.119 e. The fourth-order valence-corrected chi connectivity index (χ4v) is 3.51. The summed E-state index contributed by atoms with van der Waals surface area (Å²) in [7, 11) is 3.91. The highest BCUT2D eigenvalue weighted by atomic mass is 16.5. The molecule has 0 radical (unpaired) electrons. The lowest BCUT2D eigenvalue weighted by Crippen LogP contribution is -2.50. The fourth-order valence-electron chi connectivity index (χ4n) is 3.51. The van der Waals surface area contributed by atoms with Gasteiger partial charge < -0.3 is 10.5 Å². The van der Waals surface area contributed by atoms with Gasteiger partial charge in [-0.1, -0.05) is 26.0 Å². The number of likely N-dealkylation sites (N-methyl/N-ethyl adjacent to an activating group) is 1. The summed E-state index contributed by atoms with van der Waals surface area (Å²) in [6.07, 6.45) is 3.63. The molecule has 0 saturated heterocycles. The highest BCUT2D eigenvalue weighted by Crippen LogP contribution is 2.46. The lowest BCUT2D eigenvalue weighted by molar-refractivity contribution is 0.111. The number of ether oxygens (including phenoxy) is 1. The molecule has 2 N–H and O–H groups in total. The Morgan fingerprint density at radius 2 is 2.05 bits per heavy atom. The summed E-state index contributed by atoms with van der Waals surface area (Å²) in [5.41, 5.74) is 7.97. The van der Waals surface area contributed by atoms with Gasteiger partial charge in [0, 0.05) is 18.6 Å². The highest BCUT2D eigenvalue weighted by molar-refractivity contribution is 5.28. The van der Waals surface area contributed by atoms with Gasteiger partial charge in [0.2, 0.25) is 0 Å². The van der Waals surface area contributed by atoms with Crippen molar-refractivity contribution in [2.75, 3.05) is 20.7 Å². The summed E-state index contributed by atoms with van der Waals surface area (Å²) >= 11 is 0. The van der Waals surface area contributed by atoms with E-state index >= 15 is 0 Å². The highest BCUT2D eigenvalue weighted by Gasteiger charge is 2.44. The van der Waals surface area contributed by atoms with Crippen LogP contribution in [0.15, 0.2) is 24.3 Å². The quantitative estimate of drug-likeness (QED) is 0.898. The molecule has 0 heterocycles. The van der Waals surface area contributed by atoms with Crippen molar-refractivity contribution in [1.29, 1.82) is 0 Å². The number of hydrogen-bond acceptors (Lipinski definition) is 3. The van der Waals surface area contributed by atoms with E-state index in [1.807, 2.05) is 6.07 Å². The standard InChI is InChI=1S/C17H28N2O/c1-16(2)8-9-17(12-16,13-18)19(3)11-14-6-5-7-15(10-14)20-4/h5-7,10H,8-9,11-13,18H2,1-4H3. The molecule has 1 fully saturated rings. The van der Waals surface area contributed by atoms with Crippen molar-refractivity contribution in [3.63, 3.8) is 0 Å². The van der Waals surface area contributed by atoms with E-state index in [4.69, 9.17) is 10.5 Å². The molecule has 1 unspecified atom stereocenters. The normalized spacial score (nSPS) is 25.1. The molecule has 0 aliphatic heterocycles. The Bertz CT molecular complexity index is 458. The molecular formula is C17H28N2O. The Hall–Kier alpha value is -1.06. The van der Waals surface area contributed by atoms with Gasteiger partial charge in [-0.2, -0.15) is 0 Å². The van der Waals surface area contributed by atoms with Crippen molar-refractivity contribution in [3.05, 3.63) is 29.8 Å². The molecule has 112 valence electrons. The number of rotatable bonds is 5. The van der Waals surface area contributed by atoms with Crippen molar-refractivity contribution >= 4 is 0 Å². The molecular weight excluding hydrogens is 248 g/mol. The van der Waals surface area contributed by atoms with Gasteiger partial charge in [-0.25, -0.2) is 0 Å². The molecule has 3 heteroatoms. The molecule has 0 aromatic heterocycles. The molecule has 1 aliphatic carbocycles. The largest absolute Gasteiger partial charge is 0.497 e. The van der Waals surface area contributed by atoms with E-state index in [-0.39, 0.29) is 5.54 Å². The van der Waals surface area contributed by atoms with Gasteiger partial charge in [-0.15, -0.1) is 0 Å². The van der Waals surface area contributed by atoms with Gasteiger partial charge in [-0.05, 0) is 49.4 Å². The van der Waals surface area contributed by atoms with Crippen LogP contribution in [0.4, 0.5) is 0 Å². The molecule has 0 amide bonds. The van der Waals surface area contributed by atoms with E-state index in [0.717, 1.165) is 18.8 Å². The molecule has 0 bridgehead atoms. The average Bonchev–Trinajstić information content (AvgIpc) is 2.76. The van der Waals surface area contributed by atoms with E-state index in [2.05, 4.69) is 44.0 Å². The van der Waals surface area contributed by atoms with Crippen LogP contribution in [0.1, 0.15) is 38.7 Å². The van der Waals surface area contributed by atoms with Crippen molar-refractivity contribution in [2.24, 2.45) is 11.1 Å². The summed E-state index contributed by atoms with van der Waals surface area (Å²) in [5.74, 6) is 0.921. The van der Waals surface area contributed by atoms with E-state index in [9.17, 15) is 0 Å². The lowest BCUT2D eigenvalue weighted by Gasteiger charge is -2.39. The second kappa shape index (κ2) is 5.74. The van der Waals surface area contributed by atoms with Crippen LogP contribution in [-0.2, 0) is 6.54 Å². The lowest BCUT2D eigenvalue weighted by atomic mass is 9.86. The van der Waals surface area contributed by atoms with Crippen LogP contribution >= 0.6 is 0 Å². The van der Waals surface area contributed by atoms with Gasteiger partial charge in [0.1, 0.15) is 5.75 Å². The van der Waals surface area contributed by atoms with Gasteiger partial charge in [0.15, 0.2) is 0 Å². The molecule has 1 atom stereocenters. The summed E-state index contributed by atoms with van der Waals surface area (Å²) < 4.78 is 5.30. The van der Waals surface area contributed by atoms with E-state index in [1.54, 1.807) is 7.11 Å². The summed E-state index contributed by atoms with van der Waals surface area (Å²) in [6.45, 7) is 6.36. The molecule has 3 nitrogen and oxygen atoms in total. The molecule has 0 spiro atoms. The Kier molecular flexibility index (Phi) is 4.40. The number of nitrogens with zero attached hydrogens (tertiary/aromatic N) is 1. The summed E-state index contributed by atoms with van der Waals surface area (Å²) in [4.78, 5) is 2.44. The minimum absolute atomic E-state index is 0.145. The predicted molar refractivity (Wildman–Crippen MR) is 83.9 cm³/mol. The Morgan fingerprint density at radius 1 is 1.30 bits per heavy atom. The third kappa shape index (κ3) is 3.15. The number of nitrogens with two attached hydrogens (primary N) is 1. The van der Waals surface area contributed by atoms with Gasteiger partial charge in [0.05, 0.1) is 7.11 Å². The zero-order valence-corrected chi connectivity index (χ0v) is 13.3. The first kappa shape index (κ1) is 15.3. The molecule has 1 saturated carbocycles. The first-order valence-corrected chi connectivity index (χ1v) is 7.45. The molecule has 2 rings (SSSR count). The maximum Gasteiger partial charge on any atom is 0.119 e. The first-order chi connectivity index (χ1) is 9.41. The third-order valence-electron chi connectivity index (χ3n) is 4.82. The van der Waals surface area contributed by atoms with Gasteiger partial charge in [0.25, 0.3) is 0 Å². The predicted octanol–water partition coefficient (Wildman–Crippen LogP) is 3.03. The average molecular weight is 276 g/mol. The molecule has 1 aromatic rings. The Balaban J connectivity index is 2.12. The van der Waals surface area contributed by atoms with Crippen LogP contribution in [0.25, 0.3) is 0 Å². The molecule has 20 heavy (non-hydrogen) atoms. The zero-order chi connectivity index (χ0) is 14.8. The Labute approximate surface area is 123 Å². The minimum Gasteiger partial charge on any atom is -0.497 e. The zero-order valence-electron chi connectivity index (χ0n) is 13.3. The Morgan fingerprint density at radius 3 is 2.60 bits per heavy atom. The van der Waals surface area contributed by atoms with Crippen LogP contribution < -0.4 is 10.5 Å². The van der Waals surface area contributed by atoms with Crippen molar-refractivity contribution in [3.8, 4) is 5.75 Å². The van der Waals surface area contributed by atoms with Crippen molar-refractivity contribution in [1.82, 2.24) is 4.90 Å². The molecule has 1 aliphatic rings. The van der Waals surface area contributed by atoms with Gasteiger partial charge in [-0.3, -0.25) is 4.90 Å². The van der Waals surface area contributed by atoms with E-state index < -0.39 is 0 Å². The van der Waals surface area contributed by atoms with Crippen LogP contribution in [0.2, 0.25) is 0 Å². The first-order valence-electron chi connectivity index (χ1n) is 7.45. The number of benzene rings is 1. The van der Waals surface area contributed by atoms with Crippen LogP contribution in [0.5, 0.6) is 5.75 Å².